The molecule has 10 heteroatoms. The van der Waals surface area contributed by atoms with Crippen molar-refractivity contribution in [1.29, 1.82) is 0 Å². The fraction of sp³-hybridized carbons (Fsp3) is 0.600. The molecule has 1 N–H and O–H groups in total. The first-order valence-corrected chi connectivity index (χ1v) is 11.4. The summed E-state index contributed by atoms with van der Waals surface area (Å²) in [5.74, 6) is -0.200. The Morgan fingerprint density at radius 1 is 1.44 bits per heavy atom. The molecule has 2 amide bonds. The van der Waals surface area contributed by atoms with Crippen LogP contribution in [0.15, 0.2) is 15.9 Å². The van der Waals surface area contributed by atoms with E-state index in [1.807, 2.05) is 0 Å². The highest BCUT2D eigenvalue weighted by atomic mass is 79.9. The fourth-order valence-electron chi connectivity index (χ4n) is 2.72. The molecule has 1 aromatic heterocycles. The molecule has 0 saturated carbocycles. The van der Waals surface area contributed by atoms with Crippen LogP contribution in [0.4, 0.5) is 0 Å². The third-order valence-corrected chi connectivity index (χ3v) is 6.31. The summed E-state index contributed by atoms with van der Waals surface area (Å²) in [7, 11) is -1.62. The minimum absolute atomic E-state index is 0.0145. The van der Waals surface area contributed by atoms with Crippen molar-refractivity contribution in [3.63, 3.8) is 0 Å². The molecule has 7 nitrogen and oxygen atoms in total. The molecule has 0 bridgehead atoms. The monoisotopic (exact) mass is 451 g/mol. The number of amides is 2. The Morgan fingerprint density at radius 2 is 2.16 bits per heavy atom. The zero-order chi connectivity index (χ0) is 18.6. The SMILES string of the molecule is CN(CC(=O)N1CCCC(CNS(C)(=O)=O)C1)C(=O)c1ccc(Br)s1. The van der Waals surface area contributed by atoms with Crippen molar-refractivity contribution < 1.29 is 18.0 Å². The van der Waals surface area contributed by atoms with Crippen LogP contribution >= 0.6 is 27.3 Å². The molecular weight excluding hydrogens is 430 g/mol. The highest BCUT2D eigenvalue weighted by Crippen LogP contribution is 2.23. The molecule has 0 aromatic carbocycles. The molecule has 0 aliphatic carbocycles. The molecule has 1 aromatic rings. The second-order valence-corrected chi connectivity index (χ2v) is 10.5. The van der Waals surface area contributed by atoms with Gasteiger partial charge in [-0.1, -0.05) is 0 Å². The molecule has 1 aliphatic rings. The molecular formula is C15H22BrN3O4S2. The minimum Gasteiger partial charge on any atom is -0.341 e. The largest absolute Gasteiger partial charge is 0.341 e. The van der Waals surface area contributed by atoms with Crippen LogP contribution in [0.25, 0.3) is 0 Å². The van der Waals surface area contributed by atoms with Crippen molar-refractivity contribution in [3.05, 3.63) is 20.8 Å². The van der Waals surface area contributed by atoms with Crippen molar-refractivity contribution in [2.24, 2.45) is 5.92 Å². The molecule has 140 valence electrons. The number of rotatable bonds is 6. The summed E-state index contributed by atoms with van der Waals surface area (Å²) in [6.45, 7) is 1.50. The average molecular weight is 452 g/mol. The van der Waals surface area contributed by atoms with E-state index in [1.165, 1.54) is 16.2 Å². The summed E-state index contributed by atoms with van der Waals surface area (Å²) in [6.07, 6.45) is 2.84. The number of piperidine rings is 1. The van der Waals surface area contributed by atoms with Gasteiger partial charge in [0.05, 0.1) is 21.5 Å². The lowest BCUT2D eigenvalue weighted by atomic mass is 9.98. The Morgan fingerprint density at radius 3 is 2.76 bits per heavy atom. The number of likely N-dealkylation sites (N-methyl/N-ethyl adjacent to an activating group) is 1. The van der Waals surface area contributed by atoms with Crippen molar-refractivity contribution >= 4 is 49.1 Å². The smallest absolute Gasteiger partial charge is 0.264 e. The molecule has 1 fully saturated rings. The van der Waals surface area contributed by atoms with Crippen LogP contribution in [0.3, 0.4) is 0 Å². The van der Waals surface area contributed by atoms with Crippen LogP contribution < -0.4 is 4.72 Å². The second-order valence-electron chi connectivity index (χ2n) is 6.23. The van der Waals surface area contributed by atoms with Crippen LogP contribution in [0.5, 0.6) is 0 Å². The first kappa shape index (κ1) is 20.3. The number of likely N-dealkylation sites (tertiary alicyclic amines) is 1. The fourth-order valence-corrected chi connectivity index (χ4v) is 4.64. The summed E-state index contributed by atoms with van der Waals surface area (Å²) < 4.78 is 25.8. The number of sulfonamides is 1. The number of hydrogen-bond acceptors (Lipinski definition) is 5. The molecule has 1 atom stereocenters. The van der Waals surface area contributed by atoms with Gasteiger partial charge in [-0.3, -0.25) is 9.59 Å². The first-order valence-electron chi connectivity index (χ1n) is 7.89. The summed E-state index contributed by atoms with van der Waals surface area (Å²) in [4.78, 5) is 28.5. The summed E-state index contributed by atoms with van der Waals surface area (Å²) in [5.41, 5.74) is 0. The van der Waals surface area contributed by atoms with E-state index in [0.29, 0.717) is 24.5 Å². The Balaban J connectivity index is 1.88. The number of nitrogens with one attached hydrogen (secondary N) is 1. The Bertz CT molecular complexity index is 735. The maximum absolute atomic E-state index is 12.5. The number of nitrogens with zero attached hydrogens (tertiary/aromatic N) is 2. The number of hydrogen-bond donors (Lipinski definition) is 1. The van der Waals surface area contributed by atoms with Crippen LogP contribution in [0, 0.1) is 5.92 Å². The highest BCUT2D eigenvalue weighted by Gasteiger charge is 2.26. The molecule has 1 aliphatic heterocycles. The van der Waals surface area contributed by atoms with Gasteiger partial charge in [0.2, 0.25) is 15.9 Å². The van der Waals surface area contributed by atoms with E-state index in [1.54, 1.807) is 24.1 Å². The van der Waals surface area contributed by atoms with Gasteiger partial charge in [0.1, 0.15) is 0 Å². The lowest BCUT2D eigenvalue weighted by Gasteiger charge is -2.33. The first-order chi connectivity index (χ1) is 11.7. The minimum atomic E-state index is -3.23. The predicted molar refractivity (Wildman–Crippen MR) is 101 cm³/mol. The molecule has 2 rings (SSSR count). The molecule has 2 heterocycles. The van der Waals surface area contributed by atoms with E-state index in [2.05, 4.69) is 20.7 Å². The van der Waals surface area contributed by atoms with Crippen LogP contribution in [-0.4, -0.2) is 69.5 Å². The number of carbonyl (C=O) groups is 2. The van der Waals surface area contributed by atoms with E-state index >= 15 is 0 Å². The third kappa shape index (κ3) is 6.36. The highest BCUT2D eigenvalue weighted by molar-refractivity contribution is 9.11. The zero-order valence-corrected chi connectivity index (χ0v) is 17.4. The summed E-state index contributed by atoms with van der Waals surface area (Å²) in [6, 6.07) is 3.53. The van der Waals surface area contributed by atoms with Crippen LogP contribution in [0.2, 0.25) is 0 Å². The van der Waals surface area contributed by atoms with E-state index in [0.717, 1.165) is 22.9 Å². The normalized spacial score (nSPS) is 18.2. The van der Waals surface area contributed by atoms with Gasteiger partial charge in [-0.05, 0) is 46.8 Å². The third-order valence-electron chi connectivity index (χ3n) is 4.01. The summed E-state index contributed by atoms with van der Waals surface area (Å²) in [5, 5.41) is 0. The van der Waals surface area contributed by atoms with E-state index < -0.39 is 10.0 Å². The maximum atomic E-state index is 12.5. The quantitative estimate of drug-likeness (QED) is 0.707. The van der Waals surface area contributed by atoms with Crippen LogP contribution in [-0.2, 0) is 14.8 Å². The topological polar surface area (TPSA) is 86.8 Å². The Kier molecular flexibility index (Phi) is 7.01. The number of thiophene rings is 1. The Hall–Kier alpha value is -0.970. The molecule has 25 heavy (non-hydrogen) atoms. The summed E-state index contributed by atoms with van der Waals surface area (Å²) >= 11 is 4.65. The van der Waals surface area contributed by atoms with Gasteiger partial charge in [-0.15, -0.1) is 11.3 Å². The molecule has 1 unspecified atom stereocenters. The van der Waals surface area contributed by atoms with Crippen molar-refractivity contribution in [2.45, 2.75) is 12.8 Å². The Labute approximate surface area is 160 Å². The number of carbonyl (C=O) groups excluding carboxylic acids is 2. The van der Waals surface area contributed by atoms with E-state index in [9.17, 15) is 18.0 Å². The zero-order valence-electron chi connectivity index (χ0n) is 14.2. The molecule has 0 spiro atoms. The van der Waals surface area contributed by atoms with Gasteiger partial charge < -0.3 is 9.80 Å². The predicted octanol–water partition coefficient (Wildman–Crippen LogP) is 1.37. The second kappa shape index (κ2) is 8.61. The number of halogens is 1. The maximum Gasteiger partial charge on any atom is 0.264 e. The van der Waals surface area contributed by atoms with E-state index in [-0.39, 0.29) is 24.3 Å². The van der Waals surface area contributed by atoms with E-state index in [4.69, 9.17) is 0 Å². The van der Waals surface area contributed by atoms with Gasteiger partial charge in [-0.2, -0.15) is 0 Å². The van der Waals surface area contributed by atoms with Crippen molar-refractivity contribution in [1.82, 2.24) is 14.5 Å². The van der Waals surface area contributed by atoms with Gasteiger partial charge in [-0.25, -0.2) is 13.1 Å². The van der Waals surface area contributed by atoms with Gasteiger partial charge in [0.15, 0.2) is 0 Å². The van der Waals surface area contributed by atoms with Crippen molar-refractivity contribution in [3.8, 4) is 0 Å². The van der Waals surface area contributed by atoms with Gasteiger partial charge >= 0.3 is 0 Å². The van der Waals surface area contributed by atoms with Gasteiger partial charge in [0.25, 0.3) is 5.91 Å². The lowest BCUT2D eigenvalue weighted by Crippen LogP contribution is -2.47. The standard InChI is InChI=1S/C15H22BrN3O4S2/c1-18(15(21)12-5-6-13(16)24-12)10-14(20)19-7-3-4-11(9-19)8-17-25(2,22)23/h5-6,11,17H,3-4,7-10H2,1-2H3. The molecule has 1 saturated heterocycles. The lowest BCUT2D eigenvalue weighted by molar-refractivity contribution is -0.133. The van der Waals surface area contributed by atoms with Crippen molar-refractivity contribution in [2.75, 3.05) is 39.5 Å². The average Bonchev–Trinajstić information content (AvgIpc) is 2.98. The van der Waals surface area contributed by atoms with Crippen LogP contribution in [0.1, 0.15) is 22.5 Å². The molecule has 0 radical (unpaired) electrons. The van der Waals surface area contributed by atoms with Gasteiger partial charge in [0, 0.05) is 26.7 Å².